The Morgan fingerprint density at radius 2 is 1.93 bits per heavy atom. The van der Waals surface area contributed by atoms with Crippen molar-refractivity contribution in [3.63, 3.8) is 0 Å². The van der Waals surface area contributed by atoms with E-state index in [2.05, 4.69) is 39.9 Å². The lowest BCUT2D eigenvalue weighted by Gasteiger charge is -2.19. The highest BCUT2D eigenvalue weighted by atomic mass is 32.2. The molecular formula is C19H23N5O3S. The van der Waals surface area contributed by atoms with Crippen molar-refractivity contribution in [2.75, 3.05) is 16.8 Å². The molecule has 0 saturated heterocycles. The summed E-state index contributed by atoms with van der Waals surface area (Å²) in [7, 11) is 0. The van der Waals surface area contributed by atoms with Gasteiger partial charge in [0, 0.05) is 12.5 Å². The summed E-state index contributed by atoms with van der Waals surface area (Å²) in [5.41, 5.74) is 1.18. The molecule has 2 aromatic rings. The highest BCUT2D eigenvalue weighted by Crippen LogP contribution is 2.17. The molecule has 1 aromatic carbocycles. The molecule has 2 heterocycles. The number of aryl methyl sites for hydroxylation is 1. The quantitative estimate of drug-likeness (QED) is 0.739. The van der Waals surface area contributed by atoms with Gasteiger partial charge in [-0.3, -0.25) is 14.6 Å². The number of nitrogens with zero attached hydrogens (tertiary/aromatic N) is 3. The predicted molar refractivity (Wildman–Crippen MR) is 109 cm³/mol. The van der Waals surface area contributed by atoms with Crippen LogP contribution in [0, 0.1) is 6.92 Å². The van der Waals surface area contributed by atoms with Gasteiger partial charge < -0.3 is 15.2 Å². The maximum atomic E-state index is 12.1. The molecule has 8 nitrogen and oxygen atoms in total. The van der Waals surface area contributed by atoms with Crippen molar-refractivity contribution in [2.45, 2.75) is 32.9 Å². The molecule has 0 radical (unpaired) electrons. The number of carbonyl (C=O) groups is 2. The average Bonchev–Trinajstić information content (AvgIpc) is 3.21. The van der Waals surface area contributed by atoms with Crippen molar-refractivity contribution in [3.05, 3.63) is 47.7 Å². The van der Waals surface area contributed by atoms with E-state index in [4.69, 9.17) is 4.52 Å². The van der Waals surface area contributed by atoms with Gasteiger partial charge in [-0.1, -0.05) is 35.5 Å². The molecule has 28 heavy (non-hydrogen) atoms. The minimum atomic E-state index is -0.230. The summed E-state index contributed by atoms with van der Waals surface area (Å²) in [6.07, 6.45) is 0.690. The van der Waals surface area contributed by atoms with Gasteiger partial charge >= 0.3 is 0 Å². The predicted octanol–water partition coefficient (Wildman–Crippen LogP) is 2.38. The van der Waals surface area contributed by atoms with Crippen LogP contribution in [0.1, 0.15) is 24.7 Å². The van der Waals surface area contributed by atoms with Gasteiger partial charge in [0.1, 0.15) is 11.6 Å². The molecular weight excluding hydrogens is 378 g/mol. The Kier molecular flexibility index (Phi) is 6.70. The molecule has 1 unspecified atom stereocenters. The van der Waals surface area contributed by atoms with Gasteiger partial charge in [-0.15, -0.1) is 11.8 Å². The van der Waals surface area contributed by atoms with Crippen LogP contribution in [-0.2, 0) is 16.1 Å². The van der Waals surface area contributed by atoms with Crippen molar-refractivity contribution < 1.29 is 14.1 Å². The number of rotatable bonds is 7. The minimum Gasteiger partial charge on any atom is -0.360 e. The van der Waals surface area contributed by atoms with Crippen molar-refractivity contribution >= 4 is 35.2 Å². The van der Waals surface area contributed by atoms with Crippen LogP contribution in [0.15, 0.2) is 46.0 Å². The highest BCUT2D eigenvalue weighted by Gasteiger charge is 2.23. The molecule has 0 saturated carbocycles. The molecule has 2 amide bonds. The third kappa shape index (κ3) is 5.85. The normalized spacial score (nSPS) is 16.0. The van der Waals surface area contributed by atoms with Crippen LogP contribution in [0.5, 0.6) is 0 Å². The Bertz CT molecular complexity index is 852. The molecule has 0 fully saturated rings. The number of thioether (sulfide) groups is 1. The first-order chi connectivity index (χ1) is 13.5. The third-order valence-electron chi connectivity index (χ3n) is 4.08. The Morgan fingerprint density at radius 3 is 2.61 bits per heavy atom. The summed E-state index contributed by atoms with van der Waals surface area (Å²) in [6.45, 7) is 4.53. The fourth-order valence-corrected chi connectivity index (χ4v) is 3.37. The summed E-state index contributed by atoms with van der Waals surface area (Å²) in [5, 5.41) is 15.6. The van der Waals surface area contributed by atoms with Crippen molar-refractivity contribution in [1.82, 2.24) is 15.5 Å². The van der Waals surface area contributed by atoms with Crippen LogP contribution in [0.4, 0.5) is 5.82 Å². The van der Waals surface area contributed by atoms with Crippen molar-refractivity contribution in [1.29, 1.82) is 0 Å². The number of amidine groups is 1. The van der Waals surface area contributed by atoms with Crippen LogP contribution in [0.2, 0.25) is 0 Å². The molecule has 148 valence electrons. The number of hydrogen-bond donors (Lipinski definition) is 2. The first-order valence-corrected chi connectivity index (χ1v) is 10.1. The van der Waals surface area contributed by atoms with Crippen molar-refractivity contribution in [2.24, 2.45) is 5.10 Å². The van der Waals surface area contributed by atoms with Crippen LogP contribution in [-0.4, -0.2) is 45.4 Å². The lowest BCUT2D eigenvalue weighted by atomic mass is 10.2. The van der Waals surface area contributed by atoms with Crippen LogP contribution < -0.4 is 10.6 Å². The molecule has 1 aromatic heterocycles. The van der Waals surface area contributed by atoms with Crippen LogP contribution in [0.25, 0.3) is 0 Å². The lowest BCUT2D eigenvalue weighted by Crippen LogP contribution is -2.31. The molecule has 2 N–H and O–H groups in total. The second kappa shape index (κ2) is 9.41. The summed E-state index contributed by atoms with van der Waals surface area (Å²) in [4.78, 5) is 24.0. The van der Waals surface area contributed by atoms with Gasteiger partial charge in [0.05, 0.1) is 24.1 Å². The fraction of sp³-hybridized carbons (Fsp3) is 0.368. The standard InChI is InChI=1S/C19H23N5O3S/c1-13-8-16(22-24(13)10-15-6-4-3-5-7-15)20-18(25)11-28-12-19(26)21-17-9-14(2)27-23-17/h3-7,9,13H,8,10-12H2,1-2H3,(H,20,22,25)(H,21,23,26). The van der Waals surface area contributed by atoms with Crippen molar-refractivity contribution in [3.8, 4) is 0 Å². The molecule has 0 aliphatic carbocycles. The monoisotopic (exact) mass is 401 g/mol. The molecule has 9 heteroatoms. The first-order valence-electron chi connectivity index (χ1n) is 8.98. The first kappa shape index (κ1) is 19.9. The largest absolute Gasteiger partial charge is 0.360 e. The van der Waals surface area contributed by atoms with Gasteiger partial charge in [0.2, 0.25) is 11.8 Å². The average molecular weight is 401 g/mol. The van der Waals surface area contributed by atoms with Crippen LogP contribution in [0.3, 0.4) is 0 Å². The number of amides is 2. The van der Waals surface area contributed by atoms with Gasteiger partial charge in [0.15, 0.2) is 5.82 Å². The SMILES string of the molecule is Cc1cc(NC(=O)CSCC(=O)NC2=NN(Cc3ccccc3)C(C)C2)no1. The zero-order valence-corrected chi connectivity index (χ0v) is 16.7. The number of anilines is 1. The lowest BCUT2D eigenvalue weighted by molar-refractivity contribution is -0.117. The van der Waals surface area contributed by atoms with E-state index in [1.54, 1.807) is 13.0 Å². The number of hydrazone groups is 1. The molecule has 1 aliphatic heterocycles. The number of benzene rings is 1. The van der Waals surface area contributed by atoms with E-state index in [1.165, 1.54) is 17.3 Å². The maximum absolute atomic E-state index is 12.1. The summed E-state index contributed by atoms with van der Waals surface area (Å²) < 4.78 is 4.88. The van der Waals surface area contributed by atoms with E-state index in [0.29, 0.717) is 30.4 Å². The molecule has 0 bridgehead atoms. The number of hydrogen-bond acceptors (Lipinski definition) is 7. The maximum Gasteiger partial charge on any atom is 0.235 e. The summed E-state index contributed by atoms with van der Waals surface area (Å²) in [5.74, 6) is 1.60. The smallest absolute Gasteiger partial charge is 0.235 e. The summed E-state index contributed by atoms with van der Waals surface area (Å²) in [6, 6.07) is 12.0. The van der Waals surface area contributed by atoms with Gasteiger partial charge in [-0.2, -0.15) is 5.10 Å². The second-order valence-electron chi connectivity index (χ2n) is 6.59. The Hall–Kier alpha value is -2.81. The number of carbonyl (C=O) groups excluding carboxylic acids is 2. The van der Waals surface area contributed by atoms with Gasteiger partial charge in [-0.25, -0.2) is 0 Å². The highest BCUT2D eigenvalue weighted by molar-refractivity contribution is 8.00. The molecule has 3 rings (SSSR count). The fourth-order valence-electron chi connectivity index (χ4n) is 2.76. The zero-order valence-electron chi connectivity index (χ0n) is 15.8. The summed E-state index contributed by atoms with van der Waals surface area (Å²) >= 11 is 1.23. The zero-order chi connectivity index (χ0) is 19.9. The molecule has 0 spiro atoms. The second-order valence-corrected chi connectivity index (χ2v) is 7.58. The van der Waals surface area contributed by atoms with E-state index in [1.807, 2.05) is 23.2 Å². The minimum absolute atomic E-state index is 0.155. The Labute approximate surface area is 167 Å². The molecule has 1 aliphatic rings. The van der Waals surface area contributed by atoms with Gasteiger partial charge in [-0.05, 0) is 19.4 Å². The van der Waals surface area contributed by atoms with E-state index in [0.717, 1.165) is 0 Å². The van der Waals surface area contributed by atoms with E-state index in [-0.39, 0.29) is 29.4 Å². The number of nitrogens with one attached hydrogen (secondary N) is 2. The van der Waals surface area contributed by atoms with Gasteiger partial charge in [0.25, 0.3) is 0 Å². The topological polar surface area (TPSA) is 99.8 Å². The van der Waals surface area contributed by atoms with Crippen LogP contribution >= 0.6 is 11.8 Å². The van der Waals surface area contributed by atoms with E-state index >= 15 is 0 Å². The number of aromatic nitrogens is 1. The van der Waals surface area contributed by atoms with E-state index in [9.17, 15) is 9.59 Å². The Morgan fingerprint density at radius 1 is 1.21 bits per heavy atom. The third-order valence-corrected chi connectivity index (χ3v) is 5.01. The molecule has 1 atom stereocenters. The van der Waals surface area contributed by atoms with E-state index < -0.39 is 0 Å². The Balaban J connectivity index is 1.39.